The van der Waals surface area contributed by atoms with Crippen LogP contribution in [0.1, 0.15) is 11.1 Å². The standard InChI is InChI=1S/C9H7.CHF3O3S.Zn/c1-3-9-6-4-8(2)5-7-9;2-1(3,4)8(5,6)7;/h4-7H,2H3;(H,5,6,7);/p-1. The van der Waals surface area contributed by atoms with E-state index in [2.05, 4.69) is 5.92 Å². The summed E-state index contributed by atoms with van der Waals surface area (Å²) in [7, 11) is -6.09. The Bertz CT molecular complexity index is 501. The molecule has 18 heavy (non-hydrogen) atoms. The van der Waals surface area contributed by atoms with Gasteiger partial charge in [0.05, 0.1) is 0 Å². The van der Waals surface area contributed by atoms with E-state index in [0.29, 0.717) is 0 Å². The van der Waals surface area contributed by atoms with Crippen molar-refractivity contribution < 1.29 is 45.6 Å². The van der Waals surface area contributed by atoms with Crippen molar-refractivity contribution in [3.8, 4) is 5.92 Å². The van der Waals surface area contributed by atoms with Gasteiger partial charge in [0.15, 0.2) is 10.1 Å². The van der Waals surface area contributed by atoms with E-state index >= 15 is 0 Å². The Morgan fingerprint density at radius 3 is 1.78 bits per heavy atom. The van der Waals surface area contributed by atoms with Crippen molar-refractivity contribution in [1.82, 2.24) is 0 Å². The Labute approximate surface area is 116 Å². The molecule has 0 heterocycles. The zero-order valence-corrected chi connectivity index (χ0v) is 13.1. The van der Waals surface area contributed by atoms with Crippen LogP contribution in [0, 0.1) is 19.3 Å². The molecule has 0 saturated heterocycles. The number of benzene rings is 1. The van der Waals surface area contributed by atoms with Gasteiger partial charge in [-0.25, -0.2) is 8.42 Å². The molecule has 1 aromatic rings. The number of hydrogen-bond acceptors (Lipinski definition) is 3. The first-order chi connectivity index (χ1) is 7.58. The van der Waals surface area contributed by atoms with Gasteiger partial charge >= 0.3 is 5.51 Å². The van der Waals surface area contributed by atoms with Crippen molar-refractivity contribution in [3.63, 3.8) is 0 Å². The van der Waals surface area contributed by atoms with Crippen molar-refractivity contribution in [1.29, 1.82) is 0 Å². The van der Waals surface area contributed by atoms with E-state index in [4.69, 9.17) is 19.4 Å². The van der Waals surface area contributed by atoms with E-state index < -0.39 is 15.6 Å². The predicted molar refractivity (Wildman–Crippen MR) is 53.2 cm³/mol. The summed E-state index contributed by atoms with van der Waals surface area (Å²) in [5, 5.41) is 0. The fraction of sp³-hybridized carbons (Fsp3) is 0.200. The largest absolute Gasteiger partial charge is 0.741 e. The molecular formula is C10H7F3O3SZn-. The minimum absolute atomic E-state index is 0. The van der Waals surface area contributed by atoms with Crippen LogP contribution in [0.2, 0.25) is 0 Å². The Balaban J connectivity index is 0. The van der Waals surface area contributed by atoms with Crippen LogP contribution in [0.3, 0.4) is 0 Å². The Morgan fingerprint density at radius 1 is 1.22 bits per heavy atom. The minimum Gasteiger partial charge on any atom is -0.741 e. The van der Waals surface area contributed by atoms with Gasteiger partial charge in [0.25, 0.3) is 0 Å². The number of aryl methyl sites for hydroxylation is 1. The maximum atomic E-state index is 10.7. The van der Waals surface area contributed by atoms with Gasteiger partial charge in [0.2, 0.25) is 0 Å². The molecule has 0 amide bonds. The fourth-order valence-electron chi connectivity index (χ4n) is 0.637. The molecule has 0 unspecified atom stereocenters. The molecule has 0 aliphatic rings. The van der Waals surface area contributed by atoms with Crippen LogP contribution in [0.4, 0.5) is 13.2 Å². The third-order valence-corrected chi connectivity index (χ3v) is 2.05. The first-order valence-electron chi connectivity index (χ1n) is 4.09. The van der Waals surface area contributed by atoms with Crippen LogP contribution in [0.15, 0.2) is 24.3 Å². The summed E-state index contributed by atoms with van der Waals surface area (Å²) in [6, 6.07) is 7.69. The van der Waals surface area contributed by atoms with Crippen LogP contribution in [0.5, 0.6) is 0 Å². The SMILES string of the molecule is O=S(=O)([O-])C(F)(F)F.[C]#Cc1ccc(C)cc1.[Zn]. The van der Waals surface area contributed by atoms with Gasteiger partial charge in [-0.3, -0.25) is 0 Å². The first-order valence-corrected chi connectivity index (χ1v) is 5.50. The number of rotatable bonds is 0. The first kappa shape index (κ1) is 19.4. The molecule has 1 radical (unpaired) electrons. The van der Waals surface area contributed by atoms with Crippen LogP contribution in [-0.2, 0) is 29.6 Å². The van der Waals surface area contributed by atoms with Gasteiger partial charge in [-0.05, 0) is 25.5 Å². The molecular weight excluding hydrogens is 323 g/mol. The van der Waals surface area contributed by atoms with Crippen LogP contribution >= 0.6 is 0 Å². The molecule has 0 aliphatic carbocycles. The van der Waals surface area contributed by atoms with Crippen molar-refractivity contribution in [3.05, 3.63) is 41.8 Å². The molecule has 8 heteroatoms. The van der Waals surface area contributed by atoms with E-state index in [9.17, 15) is 13.2 Å². The molecule has 95 valence electrons. The topological polar surface area (TPSA) is 57.2 Å². The summed E-state index contributed by atoms with van der Waals surface area (Å²) in [4.78, 5) is 0. The molecule has 0 spiro atoms. The maximum absolute atomic E-state index is 10.7. The third kappa shape index (κ3) is 7.43. The zero-order valence-electron chi connectivity index (χ0n) is 9.28. The second-order valence-corrected chi connectivity index (χ2v) is 4.26. The Kier molecular flexibility index (Phi) is 8.12. The summed E-state index contributed by atoms with van der Waals surface area (Å²) >= 11 is 0. The fourth-order valence-corrected chi connectivity index (χ4v) is 0.637. The molecule has 0 fully saturated rings. The molecule has 0 N–H and O–H groups in total. The number of hydrogen-bond donors (Lipinski definition) is 0. The van der Waals surface area contributed by atoms with Gasteiger partial charge in [-0.1, -0.05) is 23.6 Å². The van der Waals surface area contributed by atoms with E-state index in [-0.39, 0.29) is 19.5 Å². The van der Waals surface area contributed by atoms with Gasteiger partial charge in [0, 0.05) is 25.0 Å². The second-order valence-electron chi connectivity index (χ2n) is 2.89. The summed E-state index contributed by atoms with van der Waals surface area (Å²) < 4.78 is 58.9. The van der Waals surface area contributed by atoms with Crippen molar-refractivity contribution in [2.75, 3.05) is 0 Å². The molecule has 0 aliphatic heterocycles. The van der Waals surface area contributed by atoms with Crippen molar-refractivity contribution >= 4 is 10.1 Å². The van der Waals surface area contributed by atoms with Crippen LogP contribution < -0.4 is 0 Å². The summed E-state index contributed by atoms with van der Waals surface area (Å²) in [6.07, 6.45) is 6.76. The Morgan fingerprint density at radius 2 is 1.56 bits per heavy atom. The average Bonchev–Trinajstić information content (AvgIpc) is 2.17. The number of alkyl halides is 3. The van der Waals surface area contributed by atoms with E-state index in [1.165, 1.54) is 5.56 Å². The van der Waals surface area contributed by atoms with E-state index in [1.807, 2.05) is 31.2 Å². The normalized spacial score (nSPS) is 10.4. The van der Waals surface area contributed by atoms with Crippen LogP contribution in [0.25, 0.3) is 0 Å². The maximum Gasteiger partial charge on any atom is 0.485 e. The molecule has 1 aromatic carbocycles. The summed E-state index contributed by atoms with van der Waals surface area (Å²) in [6.45, 7) is 2.02. The molecule has 0 aromatic heterocycles. The van der Waals surface area contributed by atoms with Gasteiger partial charge in [-0.2, -0.15) is 13.2 Å². The molecule has 0 atom stereocenters. The summed E-state index contributed by atoms with van der Waals surface area (Å²) in [5.74, 6) is 2.30. The molecule has 1 rings (SSSR count). The average molecular weight is 330 g/mol. The molecule has 0 saturated carbocycles. The summed E-state index contributed by atoms with van der Waals surface area (Å²) in [5.41, 5.74) is -3.60. The quantitative estimate of drug-likeness (QED) is 0.316. The second kappa shape index (κ2) is 7.52. The zero-order chi connectivity index (χ0) is 13.7. The van der Waals surface area contributed by atoms with Gasteiger partial charge < -0.3 is 4.55 Å². The molecule has 3 nitrogen and oxygen atoms in total. The minimum atomic E-state index is -6.09. The van der Waals surface area contributed by atoms with Gasteiger partial charge in [-0.15, -0.1) is 0 Å². The monoisotopic (exact) mass is 328 g/mol. The van der Waals surface area contributed by atoms with E-state index in [1.54, 1.807) is 0 Å². The van der Waals surface area contributed by atoms with Crippen molar-refractivity contribution in [2.24, 2.45) is 0 Å². The van der Waals surface area contributed by atoms with Crippen molar-refractivity contribution in [2.45, 2.75) is 12.4 Å². The number of halogens is 3. The third-order valence-electron chi connectivity index (χ3n) is 1.48. The predicted octanol–water partition coefficient (Wildman–Crippen LogP) is 1.98. The smallest absolute Gasteiger partial charge is 0.485 e. The molecule has 0 bridgehead atoms. The van der Waals surface area contributed by atoms with E-state index in [0.717, 1.165) is 5.56 Å². The van der Waals surface area contributed by atoms with Gasteiger partial charge in [0.1, 0.15) is 0 Å². The Hall–Kier alpha value is -0.897. The van der Waals surface area contributed by atoms with Crippen LogP contribution in [-0.4, -0.2) is 18.5 Å².